The van der Waals surface area contributed by atoms with Gasteiger partial charge in [-0.15, -0.1) is 0 Å². The average Bonchev–Trinajstić information content (AvgIpc) is 3.34. The Balaban J connectivity index is 3.97. The number of phosphoric ester groups is 1. The van der Waals surface area contributed by atoms with Gasteiger partial charge in [-0.05, 0) is 77.0 Å². The average molecular weight is 1030 g/mol. The fourth-order valence-electron chi connectivity index (χ4n) is 8.16. The van der Waals surface area contributed by atoms with Gasteiger partial charge in [-0.3, -0.25) is 14.2 Å². The molecule has 0 radical (unpaired) electrons. The first kappa shape index (κ1) is 69.5. The first-order valence-electron chi connectivity index (χ1n) is 29.6. The molecular weight excluding hydrogens is 918 g/mol. The van der Waals surface area contributed by atoms with Gasteiger partial charge in [-0.25, -0.2) is 0 Å². The van der Waals surface area contributed by atoms with Gasteiger partial charge in [0.2, 0.25) is 0 Å². The van der Waals surface area contributed by atoms with Crippen molar-refractivity contribution in [1.29, 1.82) is 0 Å². The number of carbonyl (C=O) groups is 2. The standard InChI is InChI=1S/C62H112NO8P/c1-6-8-10-12-14-16-18-20-21-22-23-24-25-26-27-28-29-30-31-32-33-34-35-36-37-38-39-40-41-43-45-47-49-51-53-55-62(65)71-60(59-70-72(66,67)69-57-56-63(3,4)5)58-68-61(64)54-52-50-48-46-44-42-19-17-15-13-11-9-7-2/h8,10-11,13-14,16-17,19-21,23-24,60H,6-7,9,12,15,18,22,25-59H2,1-5H3/b10-8-,13-11-,16-14-,19-17-,21-20-,24-23-. The molecule has 0 spiro atoms. The third kappa shape index (κ3) is 56.7. The van der Waals surface area contributed by atoms with E-state index < -0.39 is 32.5 Å². The zero-order chi connectivity index (χ0) is 52.7. The van der Waals surface area contributed by atoms with E-state index in [9.17, 15) is 19.0 Å². The van der Waals surface area contributed by atoms with E-state index in [1.54, 1.807) is 0 Å². The summed E-state index contributed by atoms with van der Waals surface area (Å²) in [5, 5.41) is 0. The number of esters is 2. The van der Waals surface area contributed by atoms with E-state index in [-0.39, 0.29) is 26.1 Å². The third-order valence-corrected chi connectivity index (χ3v) is 13.7. The van der Waals surface area contributed by atoms with E-state index in [1.165, 1.54) is 128 Å². The minimum atomic E-state index is -4.64. The second-order valence-corrected chi connectivity index (χ2v) is 22.4. The number of hydrogen-bond acceptors (Lipinski definition) is 8. The summed E-state index contributed by atoms with van der Waals surface area (Å²) < 4.78 is 34.1. The van der Waals surface area contributed by atoms with Gasteiger partial charge >= 0.3 is 11.9 Å². The van der Waals surface area contributed by atoms with Gasteiger partial charge < -0.3 is 27.9 Å². The summed E-state index contributed by atoms with van der Waals surface area (Å²) >= 11 is 0. The molecule has 418 valence electrons. The van der Waals surface area contributed by atoms with Crippen molar-refractivity contribution in [2.24, 2.45) is 0 Å². The molecular formula is C62H112NO8P. The van der Waals surface area contributed by atoms with Crippen LogP contribution < -0.4 is 4.89 Å². The number of allylic oxidation sites excluding steroid dienone is 12. The van der Waals surface area contributed by atoms with Crippen LogP contribution >= 0.6 is 7.82 Å². The first-order valence-corrected chi connectivity index (χ1v) is 31.1. The molecule has 0 N–H and O–H groups in total. The van der Waals surface area contributed by atoms with Crippen molar-refractivity contribution < 1.29 is 42.1 Å². The quantitative estimate of drug-likeness (QED) is 0.0195. The molecule has 0 bridgehead atoms. The molecule has 2 unspecified atom stereocenters. The molecule has 2 atom stereocenters. The summed E-state index contributed by atoms with van der Waals surface area (Å²) in [4.78, 5) is 37.8. The van der Waals surface area contributed by atoms with Crippen molar-refractivity contribution in [2.45, 2.75) is 264 Å². The minimum Gasteiger partial charge on any atom is -0.756 e. The molecule has 0 fully saturated rings. The highest BCUT2D eigenvalue weighted by Gasteiger charge is 2.22. The van der Waals surface area contributed by atoms with Crippen molar-refractivity contribution in [2.75, 3.05) is 47.5 Å². The highest BCUT2D eigenvalue weighted by Crippen LogP contribution is 2.38. The van der Waals surface area contributed by atoms with Crippen LogP contribution in [0.15, 0.2) is 72.9 Å². The number of unbranched alkanes of at least 4 members (excludes halogenated alkanes) is 28. The lowest BCUT2D eigenvalue weighted by Crippen LogP contribution is -2.37. The van der Waals surface area contributed by atoms with Crippen LogP contribution in [-0.4, -0.2) is 70.0 Å². The van der Waals surface area contributed by atoms with Gasteiger partial charge in [0.05, 0.1) is 27.7 Å². The maximum absolute atomic E-state index is 12.8. The number of rotatable bonds is 54. The SMILES string of the molecule is CC/C=C\C/C=C\C/C=C\C/C=C\CCCCCCCCCCCCCCCCCCCCCCCCC(=O)OC(COC(=O)CCCCCCC/C=C\C/C=C\CCC)COP(=O)([O-])OCC[N+](C)(C)C. The molecule has 0 amide bonds. The summed E-state index contributed by atoms with van der Waals surface area (Å²) in [7, 11) is 1.16. The molecule has 0 saturated carbocycles. The second-order valence-electron chi connectivity index (χ2n) is 21.0. The molecule has 0 aliphatic carbocycles. The Hall–Kier alpha value is -2.55. The predicted octanol–water partition coefficient (Wildman–Crippen LogP) is 17.8. The van der Waals surface area contributed by atoms with Gasteiger partial charge in [0.15, 0.2) is 6.10 Å². The van der Waals surface area contributed by atoms with Crippen molar-refractivity contribution in [3.8, 4) is 0 Å². The molecule has 0 rings (SSSR count). The van der Waals surface area contributed by atoms with E-state index in [0.717, 1.165) is 89.9 Å². The maximum Gasteiger partial charge on any atom is 0.306 e. The summed E-state index contributed by atoms with van der Waals surface area (Å²) in [6, 6.07) is 0. The van der Waals surface area contributed by atoms with Crippen LogP contribution in [0.1, 0.15) is 258 Å². The fourth-order valence-corrected chi connectivity index (χ4v) is 8.89. The van der Waals surface area contributed by atoms with E-state index in [1.807, 2.05) is 21.1 Å². The Morgan fingerprint density at radius 2 is 0.792 bits per heavy atom. The summed E-state index contributed by atoms with van der Waals surface area (Å²) in [5.41, 5.74) is 0. The highest BCUT2D eigenvalue weighted by atomic mass is 31.2. The zero-order valence-electron chi connectivity index (χ0n) is 47.4. The molecule has 0 aromatic rings. The Morgan fingerprint density at radius 3 is 1.18 bits per heavy atom. The largest absolute Gasteiger partial charge is 0.756 e. The van der Waals surface area contributed by atoms with Gasteiger partial charge in [-0.2, -0.15) is 0 Å². The topological polar surface area (TPSA) is 111 Å². The number of likely N-dealkylation sites (N-methyl/N-ethyl adjacent to an activating group) is 1. The summed E-state index contributed by atoms with van der Waals surface area (Å²) in [5.74, 6) is -0.844. The lowest BCUT2D eigenvalue weighted by molar-refractivity contribution is -0.870. The monoisotopic (exact) mass is 1030 g/mol. The van der Waals surface area contributed by atoms with E-state index in [0.29, 0.717) is 23.9 Å². The third-order valence-electron chi connectivity index (χ3n) is 12.7. The van der Waals surface area contributed by atoms with Crippen LogP contribution in [0.5, 0.6) is 0 Å². The Morgan fingerprint density at radius 1 is 0.444 bits per heavy atom. The van der Waals surface area contributed by atoms with Gasteiger partial charge in [0, 0.05) is 12.8 Å². The molecule has 0 aromatic carbocycles. The smallest absolute Gasteiger partial charge is 0.306 e. The van der Waals surface area contributed by atoms with Crippen molar-refractivity contribution >= 4 is 19.8 Å². The van der Waals surface area contributed by atoms with Crippen LogP contribution in [0.4, 0.5) is 0 Å². The Bertz CT molecular complexity index is 1450. The van der Waals surface area contributed by atoms with Crippen molar-refractivity contribution in [3.63, 3.8) is 0 Å². The second kappa shape index (κ2) is 53.3. The molecule has 72 heavy (non-hydrogen) atoms. The van der Waals surface area contributed by atoms with Crippen LogP contribution in [-0.2, 0) is 32.7 Å². The van der Waals surface area contributed by atoms with Gasteiger partial charge in [0.1, 0.15) is 19.8 Å². The molecule has 0 aromatic heterocycles. The fraction of sp³-hybridized carbons (Fsp3) is 0.774. The van der Waals surface area contributed by atoms with E-state index >= 15 is 0 Å². The Labute approximate surface area is 444 Å². The molecule has 0 aliphatic rings. The number of phosphoric acid groups is 1. The normalized spacial score (nSPS) is 13.8. The van der Waals surface area contributed by atoms with Crippen LogP contribution in [0, 0.1) is 0 Å². The van der Waals surface area contributed by atoms with Crippen molar-refractivity contribution in [3.05, 3.63) is 72.9 Å². The highest BCUT2D eigenvalue weighted by molar-refractivity contribution is 7.45. The number of quaternary nitrogens is 1. The van der Waals surface area contributed by atoms with E-state index in [2.05, 4.69) is 86.8 Å². The molecule has 0 saturated heterocycles. The van der Waals surface area contributed by atoms with Crippen LogP contribution in [0.3, 0.4) is 0 Å². The lowest BCUT2D eigenvalue weighted by Gasteiger charge is -2.28. The maximum atomic E-state index is 12.8. The number of hydrogen-bond donors (Lipinski definition) is 0. The summed E-state index contributed by atoms with van der Waals surface area (Å²) in [6.07, 6.45) is 69.8. The predicted molar refractivity (Wildman–Crippen MR) is 305 cm³/mol. The zero-order valence-corrected chi connectivity index (χ0v) is 48.3. The lowest BCUT2D eigenvalue weighted by atomic mass is 10.0. The molecule has 0 aliphatic heterocycles. The molecule has 0 heterocycles. The van der Waals surface area contributed by atoms with Crippen LogP contribution in [0.2, 0.25) is 0 Å². The van der Waals surface area contributed by atoms with Gasteiger partial charge in [0.25, 0.3) is 7.82 Å². The summed E-state index contributed by atoms with van der Waals surface area (Å²) in [6.45, 7) is 4.06. The number of nitrogens with zero attached hydrogens (tertiary/aromatic N) is 1. The van der Waals surface area contributed by atoms with E-state index in [4.69, 9.17) is 18.5 Å². The molecule has 9 nitrogen and oxygen atoms in total. The Kier molecular flexibility index (Phi) is 51.4. The number of ether oxygens (including phenoxy) is 2. The van der Waals surface area contributed by atoms with Crippen LogP contribution in [0.25, 0.3) is 0 Å². The first-order chi connectivity index (χ1) is 35.0. The molecule has 10 heteroatoms. The minimum absolute atomic E-state index is 0.0337. The van der Waals surface area contributed by atoms with Crippen molar-refractivity contribution in [1.82, 2.24) is 0 Å². The number of carbonyl (C=O) groups excluding carboxylic acids is 2. The van der Waals surface area contributed by atoms with Gasteiger partial charge in [-0.1, -0.05) is 241 Å².